The lowest BCUT2D eigenvalue weighted by molar-refractivity contribution is -0.140. The van der Waals surface area contributed by atoms with E-state index >= 15 is 0 Å². The van der Waals surface area contributed by atoms with E-state index in [0.29, 0.717) is 28.7 Å². The minimum absolute atomic E-state index is 0.255. The number of rotatable bonds is 4. The summed E-state index contributed by atoms with van der Waals surface area (Å²) >= 11 is 1.79. The maximum absolute atomic E-state index is 11.0. The van der Waals surface area contributed by atoms with Crippen molar-refractivity contribution in [3.8, 4) is 0 Å². The molecule has 5 rings (SSSR count). The van der Waals surface area contributed by atoms with Gasteiger partial charge in [0, 0.05) is 38.9 Å². The third kappa shape index (κ3) is 11.5. The Balaban J connectivity index is 0.000000197. The molecule has 3 aliphatic heterocycles. The van der Waals surface area contributed by atoms with E-state index in [1.165, 1.54) is 25.2 Å². The van der Waals surface area contributed by atoms with E-state index in [1.54, 1.807) is 36.0 Å². The Labute approximate surface area is 254 Å². The van der Waals surface area contributed by atoms with E-state index < -0.39 is 0 Å². The second-order valence-corrected chi connectivity index (χ2v) is 12.4. The Morgan fingerprint density at radius 2 is 2.02 bits per heavy atom. The molecular formula is C31H48N6O4S. The van der Waals surface area contributed by atoms with Crippen molar-refractivity contribution in [2.45, 2.75) is 47.5 Å². The van der Waals surface area contributed by atoms with Crippen LogP contribution < -0.4 is 16.2 Å². The summed E-state index contributed by atoms with van der Waals surface area (Å²) in [6, 6.07) is 1.69. The zero-order chi connectivity index (χ0) is 31.1. The zero-order valence-electron chi connectivity index (χ0n) is 26.1. The number of allylic oxidation sites excluding steroid dienone is 4. The molecule has 0 spiro atoms. The molecule has 2 aromatic heterocycles. The Bertz CT molecular complexity index is 1280. The summed E-state index contributed by atoms with van der Waals surface area (Å²) in [5.41, 5.74) is 2.63. The number of aldehydes is 1. The van der Waals surface area contributed by atoms with E-state index in [1.807, 2.05) is 25.2 Å². The molecule has 0 aliphatic carbocycles. The van der Waals surface area contributed by atoms with Gasteiger partial charge in [0.25, 0.3) is 17.2 Å². The van der Waals surface area contributed by atoms with Crippen LogP contribution in [0.5, 0.6) is 0 Å². The van der Waals surface area contributed by atoms with Crippen LogP contribution in [0.1, 0.15) is 47.5 Å². The first-order valence-corrected chi connectivity index (χ1v) is 15.5. The summed E-state index contributed by atoms with van der Waals surface area (Å²) in [6.07, 6.45) is 12.3. The van der Waals surface area contributed by atoms with Gasteiger partial charge >= 0.3 is 0 Å². The van der Waals surface area contributed by atoms with Crippen molar-refractivity contribution in [1.29, 1.82) is 0 Å². The lowest BCUT2D eigenvalue weighted by atomic mass is 9.84. The van der Waals surface area contributed by atoms with Crippen molar-refractivity contribution in [2.24, 2.45) is 17.3 Å². The number of thioether (sulfide) groups is 1. The van der Waals surface area contributed by atoms with Gasteiger partial charge in [-0.25, -0.2) is 4.98 Å². The summed E-state index contributed by atoms with van der Waals surface area (Å²) in [7, 11) is 3.96. The van der Waals surface area contributed by atoms with Gasteiger partial charge in [0.05, 0.1) is 17.8 Å². The van der Waals surface area contributed by atoms with E-state index in [4.69, 9.17) is 4.52 Å². The molecule has 42 heavy (non-hydrogen) atoms. The van der Waals surface area contributed by atoms with Gasteiger partial charge in [0.1, 0.15) is 5.39 Å². The molecule has 3 N–H and O–H groups in total. The second-order valence-electron chi connectivity index (χ2n) is 11.5. The summed E-state index contributed by atoms with van der Waals surface area (Å²) in [6.45, 7) is 15.2. The van der Waals surface area contributed by atoms with Crippen molar-refractivity contribution in [3.63, 3.8) is 0 Å². The number of nitrogens with zero attached hydrogens (tertiary/aromatic N) is 3. The number of hydrogen-bond acceptors (Lipinski definition) is 9. The molecule has 5 heterocycles. The average Bonchev–Trinajstić information content (AvgIpc) is 3.68. The molecule has 0 aromatic carbocycles. The molecular weight excluding hydrogens is 552 g/mol. The molecule has 0 bridgehead atoms. The van der Waals surface area contributed by atoms with Crippen LogP contribution in [0.15, 0.2) is 57.0 Å². The van der Waals surface area contributed by atoms with Crippen LogP contribution in [-0.4, -0.2) is 78.3 Å². The highest BCUT2D eigenvalue weighted by Crippen LogP contribution is 2.33. The maximum Gasteiger partial charge on any atom is 0.289 e. The summed E-state index contributed by atoms with van der Waals surface area (Å²) < 4.78 is 4.77. The lowest BCUT2D eigenvalue weighted by Gasteiger charge is -2.29. The van der Waals surface area contributed by atoms with Crippen LogP contribution in [0.4, 0.5) is 5.69 Å². The summed E-state index contributed by atoms with van der Waals surface area (Å²) in [5.74, 6) is 2.06. The highest BCUT2D eigenvalue weighted by Gasteiger charge is 2.33. The molecule has 232 valence electrons. The highest BCUT2D eigenvalue weighted by atomic mass is 32.2. The molecule has 10 nitrogen and oxygen atoms in total. The van der Waals surface area contributed by atoms with Crippen molar-refractivity contribution in [3.05, 3.63) is 58.0 Å². The number of fused-ring (bicyclic) bond motifs is 1. The van der Waals surface area contributed by atoms with Crippen LogP contribution in [0.3, 0.4) is 0 Å². The van der Waals surface area contributed by atoms with Crippen molar-refractivity contribution >= 4 is 40.7 Å². The predicted molar refractivity (Wildman–Crippen MR) is 173 cm³/mol. The molecule has 3 aliphatic rings. The molecule has 0 radical (unpaired) electrons. The number of aromatic amines is 1. The molecule has 2 atom stereocenters. The molecule has 1 unspecified atom stereocenters. The number of aromatic nitrogens is 2. The van der Waals surface area contributed by atoms with Gasteiger partial charge in [0.15, 0.2) is 0 Å². The Morgan fingerprint density at radius 1 is 1.26 bits per heavy atom. The van der Waals surface area contributed by atoms with Gasteiger partial charge in [-0.1, -0.05) is 45.9 Å². The number of H-pyrrole nitrogens is 1. The number of pyridine rings is 1. The number of nitrogens with one attached hydrogen (secondary N) is 3. The Kier molecular flexibility index (Phi) is 14.6. The minimum Gasteiger partial charge on any atom is -0.387 e. The van der Waals surface area contributed by atoms with Gasteiger partial charge in [-0.05, 0) is 61.6 Å². The number of hydrogen-bond donors (Lipinski definition) is 3. The Hall–Kier alpha value is -3.31. The molecule has 11 heteroatoms. The monoisotopic (exact) mass is 600 g/mol. The van der Waals surface area contributed by atoms with Gasteiger partial charge in [0.2, 0.25) is 6.29 Å². The van der Waals surface area contributed by atoms with Gasteiger partial charge < -0.3 is 25.0 Å². The number of anilines is 1. The predicted octanol–water partition coefficient (Wildman–Crippen LogP) is 4.85. The fraction of sp³-hybridized carbons (Fsp3) is 0.548. The average molecular weight is 601 g/mol. The molecule has 0 saturated carbocycles. The molecule has 2 fully saturated rings. The standard InChI is InChI=1S/C8H13NO2.C8H11NS.C8H17N.C7H7N3O2/c1-7-3-2-4-9(5-7)8(11)6-10;1-2-3-4-5-8-6-10-7-9-8;1-7-5-9(4)6-8(7,2)3;1-8-4-2-5-6(11)10-12-7(5)9-3-4/h6-7H,2-5H2,1H3;2-6,9H,7H2,1H3;7H,5-6H2,1-4H3;2-3,8H,1H3,(H,10,11)/b;3-2-,5-4-;;/t;;7-;/m..1./s1. The minimum atomic E-state index is -0.364. The van der Waals surface area contributed by atoms with Crippen LogP contribution in [0, 0.1) is 17.3 Å². The Morgan fingerprint density at radius 3 is 2.55 bits per heavy atom. The maximum atomic E-state index is 11.0. The largest absolute Gasteiger partial charge is 0.387 e. The van der Waals surface area contributed by atoms with Crippen LogP contribution in [0.25, 0.3) is 11.1 Å². The fourth-order valence-electron chi connectivity index (χ4n) is 4.74. The first-order valence-electron chi connectivity index (χ1n) is 14.4. The quantitative estimate of drug-likeness (QED) is 0.257. The third-order valence-electron chi connectivity index (χ3n) is 7.44. The molecule has 2 saturated heterocycles. The number of carbonyl (C=O) groups is 2. The summed E-state index contributed by atoms with van der Waals surface area (Å²) in [5, 5.41) is 10.9. The van der Waals surface area contributed by atoms with E-state index in [2.05, 4.69) is 71.9 Å². The SMILES string of the molecule is C/C=C\C=C/C1=CSCN1.CC1CCCN(C(=O)C=O)C1.CNc1cnc2o[nH]c(=O)c2c1.C[C@@H]1CN(C)CC1(C)C. The zero-order valence-corrected chi connectivity index (χ0v) is 26.9. The van der Waals surface area contributed by atoms with E-state index in [-0.39, 0.29) is 11.5 Å². The normalized spacial score (nSPS) is 21.4. The van der Waals surface area contributed by atoms with Crippen molar-refractivity contribution < 1.29 is 14.1 Å². The second kappa shape index (κ2) is 17.6. The summed E-state index contributed by atoms with van der Waals surface area (Å²) in [4.78, 5) is 40.0. The number of amides is 1. The fourth-order valence-corrected chi connectivity index (χ4v) is 5.42. The first kappa shape index (κ1) is 34.9. The van der Waals surface area contributed by atoms with E-state index in [0.717, 1.165) is 37.0 Å². The number of piperidine rings is 1. The number of likely N-dealkylation sites (tertiary alicyclic amines) is 2. The number of carbonyl (C=O) groups excluding carboxylic acids is 2. The molecule has 2 aromatic rings. The van der Waals surface area contributed by atoms with Gasteiger partial charge in [-0.15, -0.1) is 11.8 Å². The van der Waals surface area contributed by atoms with Crippen molar-refractivity contribution in [2.75, 3.05) is 51.5 Å². The smallest absolute Gasteiger partial charge is 0.289 e. The van der Waals surface area contributed by atoms with Gasteiger partial charge in [-0.3, -0.25) is 14.4 Å². The topological polar surface area (TPSA) is 124 Å². The van der Waals surface area contributed by atoms with Crippen molar-refractivity contribution in [1.82, 2.24) is 25.3 Å². The highest BCUT2D eigenvalue weighted by molar-refractivity contribution is 8.02. The third-order valence-corrected chi connectivity index (χ3v) is 8.17. The van der Waals surface area contributed by atoms with Crippen LogP contribution in [0.2, 0.25) is 0 Å². The first-order chi connectivity index (χ1) is 20.0. The van der Waals surface area contributed by atoms with Crippen LogP contribution >= 0.6 is 11.8 Å². The van der Waals surface area contributed by atoms with E-state index in [9.17, 15) is 14.4 Å². The van der Waals surface area contributed by atoms with Gasteiger partial charge in [-0.2, -0.15) is 5.16 Å². The van der Waals surface area contributed by atoms with Crippen LogP contribution in [-0.2, 0) is 9.59 Å². The lowest BCUT2D eigenvalue weighted by Crippen LogP contribution is -2.39. The molecule has 1 amide bonds.